The molecule has 0 heterocycles. The molecule has 17 heavy (non-hydrogen) atoms. The molecule has 3 nitrogen and oxygen atoms in total. The quantitative estimate of drug-likeness (QED) is 0.889. The lowest BCUT2D eigenvalue weighted by molar-refractivity contribution is 0.0420. The summed E-state index contributed by atoms with van der Waals surface area (Å²) in [6.45, 7) is 0.553. The van der Waals surface area contributed by atoms with E-state index >= 15 is 0 Å². The number of benzene rings is 1. The van der Waals surface area contributed by atoms with E-state index in [9.17, 15) is 4.79 Å². The number of amides is 1. The molecule has 0 unspecified atom stereocenters. The van der Waals surface area contributed by atoms with Crippen LogP contribution in [0.5, 0.6) is 0 Å². The van der Waals surface area contributed by atoms with Crippen LogP contribution in [-0.4, -0.2) is 23.7 Å². The molecule has 2 rings (SSSR count). The average Bonchev–Trinajstić information content (AvgIpc) is 2.22. The Morgan fingerprint density at radius 3 is 2.47 bits per heavy atom. The van der Waals surface area contributed by atoms with Crippen LogP contribution in [0, 0.1) is 5.92 Å². The molecule has 1 saturated carbocycles. The molecule has 1 aliphatic carbocycles. The minimum Gasteiger partial charge on any atom is -0.393 e. The normalized spacial score (nSPS) is 23.0. The van der Waals surface area contributed by atoms with Crippen LogP contribution in [0.3, 0.4) is 0 Å². The predicted molar refractivity (Wildman–Crippen MR) is 67.5 cm³/mol. The second kappa shape index (κ2) is 5.25. The summed E-state index contributed by atoms with van der Waals surface area (Å²) >= 11 is 11.9. The van der Waals surface area contributed by atoms with Gasteiger partial charge in [0.25, 0.3) is 5.91 Å². The number of aliphatic hydroxyl groups is 1. The minimum absolute atomic E-state index is 0.208. The Morgan fingerprint density at radius 2 is 1.94 bits per heavy atom. The Morgan fingerprint density at radius 1 is 1.35 bits per heavy atom. The summed E-state index contributed by atoms with van der Waals surface area (Å²) in [5, 5.41) is 12.6. The van der Waals surface area contributed by atoms with Crippen molar-refractivity contribution in [3.8, 4) is 0 Å². The minimum atomic E-state index is -0.262. The van der Waals surface area contributed by atoms with Crippen molar-refractivity contribution < 1.29 is 9.90 Å². The smallest absolute Gasteiger partial charge is 0.254 e. The summed E-state index contributed by atoms with van der Waals surface area (Å²) in [6.07, 6.45) is 1.29. The van der Waals surface area contributed by atoms with Crippen LogP contribution >= 0.6 is 23.2 Å². The van der Waals surface area contributed by atoms with Gasteiger partial charge in [-0.05, 0) is 30.9 Å². The second-order valence-electron chi connectivity index (χ2n) is 4.30. The maximum absolute atomic E-state index is 11.9. The molecule has 0 bridgehead atoms. The Hall–Kier alpha value is -0.770. The van der Waals surface area contributed by atoms with E-state index in [1.165, 1.54) is 0 Å². The first kappa shape index (κ1) is 12.7. The standard InChI is InChI=1S/C12H13Cl2NO2/c13-9-2-1-3-10(14)11(9)12(17)15-6-7-4-8(16)5-7/h1-3,7-8,16H,4-6H2,(H,15,17). The molecule has 0 saturated heterocycles. The van der Waals surface area contributed by atoms with Crippen LogP contribution in [0.4, 0.5) is 0 Å². The highest BCUT2D eigenvalue weighted by molar-refractivity contribution is 6.39. The molecule has 0 radical (unpaired) electrons. The molecule has 5 heteroatoms. The highest BCUT2D eigenvalue weighted by Crippen LogP contribution is 2.27. The molecule has 1 aromatic carbocycles. The molecule has 0 spiro atoms. The Kier molecular flexibility index (Phi) is 3.92. The first-order chi connectivity index (χ1) is 8.08. The number of hydrogen-bond acceptors (Lipinski definition) is 2. The maximum Gasteiger partial charge on any atom is 0.254 e. The van der Waals surface area contributed by atoms with Gasteiger partial charge in [-0.15, -0.1) is 0 Å². The fraction of sp³-hybridized carbons (Fsp3) is 0.417. The molecule has 2 N–H and O–H groups in total. The van der Waals surface area contributed by atoms with Crippen molar-refractivity contribution in [1.29, 1.82) is 0 Å². The molecule has 0 aliphatic heterocycles. The van der Waals surface area contributed by atoms with Crippen molar-refractivity contribution in [2.24, 2.45) is 5.92 Å². The Labute approximate surface area is 110 Å². The number of hydrogen-bond donors (Lipinski definition) is 2. The third-order valence-corrected chi connectivity index (χ3v) is 3.58. The monoisotopic (exact) mass is 273 g/mol. The highest BCUT2D eigenvalue weighted by Gasteiger charge is 2.27. The van der Waals surface area contributed by atoms with Crippen LogP contribution < -0.4 is 5.32 Å². The summed E-state index contributed by atoms with van der Waals surface area (Å²) in [7, 11) is 0. The lowest BCUT2D eigenvalue weighted by Crippen LogP contribution is -2.38. The fourth-order valence-corrected chi connectivity index (χ4v) is 2.48. The van der Waals surface area contributed by atoms with E-state index in [4.69, 9.17) is 28.3 Å². The van der Waals surface area contributed by atoms with Crippen molar-refractivity contribution in [3.05, 3.63) is 33.8 Å². The molecule has 0 atom stereocenters. The molecule has 1 fully saturated rings. The van der Waals surface area contributed by atoms with E-state index in [2.05, 4.69) is 5.32 Å². The van der Waals surface area contributed by atoms with Crippen LogP contribution in [-0.2, 0) is 0 Å². The van der Waals surface area contributed by atoms with Crippen molar-refractivity contribution >= 4 is 29.1 Å². The van der Waals surface area contributed by atoms with Crippen LogP contribution in [0.15, 0.2) is 18.2 Å². The predicted octanol–water partition coefficient (Wildman–Crippen LogP) is 2.49. The van der Waals surface area contributed by atoms with Gasteiger partial charge in [-0.3, -0.25) is 4.79 Å². The first-order valence-electron chi connectivity index (χ1n) is 5.48. The summed E-state index contributed by atoms with van der Waals surface area (Å²) in [6, 6.07) is 4.97. The zero-order chi connectivity index (χ0) is 12.4. The number of carbonyl (C=O) groups excluding carboxylic acids is 1. The van der Waals surface area contributed by atoms with Gasteiger partial charge >= 0.3 is 0 Å². The lowest BCUT2D eigenvalue weighted by atomic mass is 9.82. The summed E-state index contributed by atoms with van der Waals surface area (Å²) in [4.78, 5) is 11.9. The fourth-order valence-electron chi connectivity index (χ4n) is 1.91. The van der Waals surface area contributed by atoms with Crippen molar-refractivity contribution in [1.82, 2.24) is 5.32 Å². The Bertz CT molecular complexity index is 410. The van der Waals surface area contributed by atoms with Crippen molar-refractivity contribution in [2.45, 2.75) is 18.9 Å². The van der Waals surface area contributed by atoms with E-state index in [1.807, 2.05) is 0 Å². The maximum atomic E-state index is 11.9. The number of halogens is 2. The van der Waals surface area contributed by atoms with Gasteiger partial charge in [0.05, 0.1) is 21.7 Å². The van der Waals surface area contributed by atoms with E-state index < -0.39 is 0 Å². The largest absolute Gasteiger partial charge is 0.393 e. The van der Waals surface area contributed by atoms with Crippen molar-refractivity contribution in [3.63, 3.8) is 0 Å². The van der Waals surface area contributed by atoms with Gasteiger partial charge in [-0.25, -0.2) is 0 Å². The van der Waals surface area contributed by atoms with Gasteiger partial charge in [0.1, 0.15) is 0 Å². The van der Waals surface area contributed by atoms with E-state index in [0.717, 1.165) is 12.8 Å². The Balaban J connectivity index is 1.95. The molecule has 92 valence electrons. The van der Waals surface area contributed by atoms with Gasteiger partial charge in [0.2, 0.25) is 0 Å². The molecule has 0 aromatic heterocycles. The number of aliphatic hydroxyl groups excluding tert-OH is 1. The van der Waals surface area contributed by atoms with E-state index in [0.29, 0.717) is 28.1 Å². The summed E-state index contributed by atoms with van der Waals surface area (Å²) in [5.41, 5.74) is 0.315. The van der Waals surface area contributed by atoms with Gasteiger partial charge in [-0.1, -0.05) is 29.3 Å². The highest BCUT2D eigenvalue weighted by atomic mass is 35.5. The molecular formula is C12H13Cl2NO2. The number of rotatable bonds is 3. The summed E-state index contributed by atoms with van der Waals surface area (Å²) in [5.74, 6) is 0.0946. The summed E-state index contributed by atoms with van der Waals surface area (Å²) < 4.78 is 0. The van der Waals surface area contributed by atoms with Gasteiger partial charge in [0.15, 0.2) is 0 Å². The van der Waals surface area contributed by atoms with E-state index in [-0.39, 0.29) is 12.0 Å². The molecule has 1 aromatic rings. The zero-order valence-corrected chi connectivity index (χ0v) is 10.6. The lowest BCUT2D eigenvalue weighted by Gasteiger charge is -2.31. The van der Waals surface area contributed by atoms with Crippen molar-refractivity contribution in [2.75, 3.05) is 6.54 Å². The zero-order valence-electron chi connectivity index (χ0n) is 9.12. The third kappa shape index (κ3) is 2.92. The topological polar surface area (TPSA) is 49.3 Å². The number of nitrogens with one attached hydrogen (secondary N) is 1. The number of carbonyl (C=O) groups is 1. The van der Waals surface area contributed by atoms with Gasteiger partial charge in [0, 0.05) is 6.54 Å². The molecule has 1 amide bonds. The molecule has 1 aliphatic rings. The van der Waals surface area contributed by atoms with E-state index in [1.54, 1.807) is 18.2 Å². The van der Waals surface area contributed by atoms with Gasteiger partial charge in [-0.2, -0.15) is 0 Å². The van der Waals surface area contributed by atoms with Gasteiger partial charge < -0.3 is 10.4 Å². The first-order valence-corrected chi connectivity index (χ1v) is 6.24. The average molecular weight is 274 g/mol. The van der Waals surface area contributed by atoms with Crippen LogP contribution in [0.2, 0.25) is 10.0 Å². The second-order valence-corrected chi connectivity index (χ2v) is 5.11. The SMILES string of the molecule is O=C(NCC1CC(O)C1)c1c(Cl)cccc1Cl. The molecular weight excluding hydrogens is 261 g/mol. The van der Waals surface area contributed by atoms with Crippen LogP contribution in [0.25, 0.3) is 0 Å². The van der Waals surface area contributed by atoms with Crippen LogP contribution in [0.1, 0.15) is 23.2 Å². The third-order valence-electron chi connectivity index (χ3n) is 2.95.